The first-order valence-electron chi connectivity index (χ1n) is 4.64. The minimum atomic E-state index is -4.11. The molecule has 0 fully saturated rings. The number of anilines is 1. The van der Waals surface area contributed by atoms with Gasteiger partial charge in [0.25, 0.3) is 0 Å². The zero-order valence-electron chi connectivity index (χ0n) is 9.07. The van der Waals surface area contributed by atoms with Crippen LogP contribution in [0, 0.1) is 13.8 Å². The van der Waals surface area contributed by atoms with Crippen LogP contribution in [0.25, 0.3) is 0 Å². The molecule has 0 radical (unpaired) electrons. The third-order valence-corrected chi connectivity index (χ3v) is 2.38. The van der Waals surface area contributed by atoms with Crippen molar-refractivity contribution in [2.24, 2.45) is 0 Å². The van der Waals surface area contributed by atoms with E-state index >= 15 is 0 Å². The Kier molecular flexibility index (Phi) is 4.13. The minimum absolute atomic E-state index is 0.0304. The Labute approximate surface area is 100 Å². The normalized spacial score (nSPS) is 12.0. The molecule has 1 heterocycles. The van der Waals surface area contributed by atoms with Crippen molar-refractivity contribution in [3.05, 3.63) is 16.5 Å². The van der Waals surface area contributed by atoms with Crippen LogP contribution in [-0.2, 0) is 0 Å². The predicted molar refractivity (Wildman–Crippen MR) is 56.0 cm³/mol. The lowest BCUT2D eigenvalue weighted by molar-refractivity contribution is -0.117. The smallest absolute Gasteiger partial charge is 0.324 e. The van der Waals surface area contributed by atoms with Crippen LogP contribution in [0.5, 0.6) is 0 Å². The second-order valence-corrected chi connectivity index (χ2v) is 3.81. The average Bonchev–Trinajstić information content (AvgIpc) is 2.21. The van der Waals surface area contributed by atoms with Gasteiger partial charge >= 0.3 is 12.3 Å². The quantitative estimate of drug-likeness (QED) is 0.676. The number of aryl methyl sites for hydroxylation is 1. The Morgan fingerprint density at radius 1 is 1.29 bits per heavy atom. The van der Waals surface area contributed by atoms with Gasteiger partial charge in [0.1, 0.15) is 16.8 Å². The summed E-state index contributed by atoms with van der Waals surface area (Å²) in [5.74, 6) is -3.82. The van der Waals surface area contributed by atoms with Gasteiger partial charge < -0.3 is 5.32 Å². The molecular weight excluding hydrogens is 262 g/mol. The van der Waals surface area contributed by atoms with Crippen LogP contribution in [-0.4, -0.2) is 28.9 Å². The van der Waals surface area contributed by atoms with Crippen molar-refractivity contribution in [1.29, 1.82) is 0 Å². The first kappa shape index (κ1) is 14.0. The highest BCUT2D eigenvalue weighted by atomic mass is 35.5. The number of aromatic nitrogens is 2. The molecule has 0 amide bonds. The monoisotopic (exact) mass is 271 g/mol. The maximum atomic E-state index is 12.7. The molecule has 0 unspecified atom stereocenters. The lowest BCUT2D eigenvalue weighted by Crippen LogP contribution is -2.35. The van der Waals surface area contributed by atoms with Gasteiger partial charge in [-0.25, -0.2) is 18.7 Å². The first-order chi connectivity index (χ1) is 7.74. The van der Waals surface area contributed by atoms with E-state index in [9.17, 15) is 17.6 Å². The van der Waals surface area contributed by atoms with E-state index < -0.39 is 18.9 Å². The zero-order valence-corrected chi connectivity index (χ0v) is 9.82. The Hall–Kier alpha value is -1.11. The molecule has 8 heteroatoms. The first-order valence-corrected chi connectivity index (χ1v) is 5.02. The van der Waals surface area contributed by atoms with Crippen molar-refractivity contribution < 1.29 is 17.6 Å². The summed E-state index contributed by atoms with van der Waals surface area (Å²) < 4.78 is 49.2. The molecule has 0 bridgehead atoms. The fraction of sp³-hybridized carbons (Fsp3) is 0.556. The standard InChI is InChI=1S/C9H10ClF4N3/c1-4-6(10)16-5(2)17-7(4)15-3-9(13,14)8(11)12/h8H,3H2,1-2H3,(H,15,16,17). The molecule has 1 N–H and O–H groups in total. The molecule has 0 aromatic carbocycles. The Balaban J connectivity index is 2.83. The van der Waals surface area contributed by atoms with Gasteiger partial charge in [0, 0.05) is 5.56 Å². The van der Waals surface area contributed by atoms with Crippen LogP contribution in [0.2, 0.25) is 5.15 Å². The van der Waals surface area contributed by atoms with Gasteiger partial charge in [-0.05, 0) is 13.8 Å². The fourth-order valence-electron chi connectivity index (χ4n) is 1.05. The van der Waals surface area contributed by atoms with Crippen molar-refractivity contribution in [3.63, 3.8) is 0 Å². The Morgan fingerprint density at radius 3 is 2.41 bits per heavy atom. The largest absolute Gasteiger partial charge is 0.363 e. The van der Waals surface area contributed by atoms with Gasteiger partial charge in [0.2, 0.25) is 0 Å². The van der Waals surface area contributed by atoms with Crippen molar-refractivity contribution in [2.45, 2.75) is 26.2 Å². The fourth-order valence-corrected chi connectivity index (χ4v) is 1.26. The molecule has 96 valence electrons. The molecule has 1 rings (SSSR count). The summed E-state index contributed by atoms with van der Waals surface area (Å²) in [5.41, 5.74) is 0.335. The van der Waals surface area contributed by atoms with Crippen molar-refractivity contribution in [1.82, 2.24) is 9.97 Å². The molecule has 1 aromatic rings. The minimum Gasteiger partial charge on any atom is -0.363 e. The summed E-state index contributed by atoms with van der Waals surface area (Å²) in [6.07, 6.45) is -3.73. The molecule has 0 aliphatic carbocycles. The van der Waals surface area contributed by atoms with Crippen LogP contribution in [0.15, 0.2) is 0 Å². The third kappa shape index (κ3) is 3.42. The molecule has 0 aliphatic heterocycles. The number of rotatable bonds is 4. The average molecular weight is 272 g/mol. The number of hydrogen-bond donors (Lipinski definition) is 1. The van der Waals surface area contributed by atoms with Gasteiger partial charge in [-0.2, -0.15) is 8.78 Å². The van der Waals surface area contributed by atoms with E-state index in [0.717, 1.165) is 0 Å². The second kappa shape index (κ2) is 5.03. The molecule has 0 aliphatic rings. The summed E-state index contributed by atoms with van der Waals surface area (Å²) >= 11 is 5.70. The SMILES string of the molecule is Cc1nc(Cl)c(C)c(NCC(F)(F)C(F)F)n1. The second-order valence-electron chi connectivity index (χ2n) is 3.45. The van der Waals surface area contributed by atoms with Gasteiger partial charge in [-0.1, -0.05) is 11.6 Å². The number of alkyl halides is 4. The van der Waals surface area contributed by atoms with Gasteiger partial charge in [-0.15, -0.1) is 0 Å². The highest BCUT2D eigenvalue weighted by Gasteiger charge is 2.40. The number of nitrogens with zero attached hydrogens (tertiary/aromatic N) is 2. The van der Waals surface area contributed by atoms with Gasteiger partial charge in [-0.3, -0.25) is 0 Å². The summed E-state index contributed by atoms with van der Waals surface area (Å²) in [6, 6.07) is 0. The van der Waals surface area contributed by atoms with Crippen LogP contribution < -0.4 is 5.32 Å². The summed E-state index contributed by atoms with van der Waals surface area (Å²) in [6.45, 7) is 1.81. The van der Waals surface area contributed by atoms with E-state index in [4.69, 9.17) is 11.6 Å². The molecule has 0 saturated heterocycles. The van der Waals surface area contributed by atoms with Crippen LogP contribution in [0.1, 0.15) is 11.4 Å². The van der Waals surface area contributed by atoms with Crippen LogP contribution in [0.4, 0.5) is 23.4 Å². The third-order valence-electron chi connectivity index (χ3n) is 2.01. The number of hydrogen-bond acceptors (Lipinski definition) is 3. The maximum absolute atomic E-state index is 12.7. The van der Waals surface area contributed by atoms with Crippen molar-refractivity contribution >= 4 is 17.4 Å². The molecule has 3 nitrogen and oxygen atoms in total. The summed E-state index contributed by atoms with van der Waals surface area (Å²) in [4.78, 5) is 7.60. The molecular formula is C9H10ClF4N3. The number of halogens is 5. The molecule has 17 heavy (non-hydrogen) atoms. The van der Waals surface area contributed by atoms with Crippen LogP contribution in [0.3, 0.4) is 0 Å². The van der Waals surface area contributed by atoms with E-state index in [-0.39, 0.29) is 16.8 Å². The lowest BCUT2D eigenvalue weighted by atomic mass is 10.3. The van der Waals surface area contributed by atoms with E-state index in [0.29, 0.717) is 5.56 Å². The highest BCUT2D eigenvalue weighted by molar-refractivity contribution is 6.30. The summed E-state index contributed by atoms with van der Waals surface area (Å²) in [7, 11) is 0. The van der Waals surface area contributed by atoms with Gasteiger partial charge in [0.15, 0.2) is 0 Å². The van der Waals surface area contributed by atoms with E-state index in [1.807, 2.05) is 0 Å². The highest BCUT2D eigenvalue weighted by Crippen LogP contribution is 2.25. The van der Waals surface area contributed by atoms with Crippen molar-refractivity contribution in [3.8, 4) is 0 Å². The lowest BCUT2D eigenvalue weighted by Gasteiger charge is -2.17. The predicted octanol–water partition coefficient (Wildman–Crippen LogP) is 3.06. The van der Waals surface area contributed by atoms with Gasteiger partial charge in [0.05, 0.1) is 6.54 Å². The topological polar surface area (TPSA) is 37.8 Å². The Bertz CT molecular complexity index is 411. The Morgan fingerprint density at radius 2 is 1.88 bits per heavy atom. The van der Waals surface area contributed by atoms with Crippen LogP contribution >= 0.6 is 11.6 Å². The van der Waals surface area contributed by atoms with E-state index in [2.05, 4.69) is 15.3 Å². The molecule has 0 saturated carbocycles. The van der Waals surface area contributed by atoms with E-state index in [1.54, 1.807) is 0 Å². The van der Waals surface area contributed by atoms with E-state index in [1.165, 1.54) is 13.8 Å². The van der Waals surface area contributed by atoms with Crippen molar-refractivity contribution in [2.75, 3.05) is 11.9 Å². The molecule has 0 spiro atoms. The molecule has 0 atom stereocenters. The zero-order chi connectivity index (χ0) is 13.2. The summed E-state index contributed by atoms with van der Waals surface area (Å²) in [5, 5.41) is 2.25. The number of nitrogens with one attached hydrogen (secondary N) is 1. The maximum Gasteiger partial charge on any atom is 0.324 e. The molecule has 1 aromatic heterocycles.